The van der Waals surface area contributed by atoms with E-state index >= 15 is 0 Å². The summed E-state index contributed by atoms with van der Waals surface area (Å²) in [6.07, 6.45) is 2.15. The first-order chi connectivity index (χ1) is 13.1. The number of halogens is 1. The highest BCUT2D eigenvalue weighted by molar-refractivity contribution is 7.22. The van der Waals surface area contributed by atoms with Crippen molar-refractivity contribution in [3.63, 3.8) is 0 Å². The molecule has 7 heteroatoms. The summed E-state index contributed by atoms with van der Waals surface area (Å²) in [6.45, 7) is 4.24. The van der Waals surface area contributed by atoms with Gasteiger partial charge in [-0.15, -0.1) is 0 Å². The summed E-state index contributed by atoms with van der Waals surface area (Å²) in [6, 6.07) is 10.2. The molecule has 0 bridgehead atoms. The second kappa shape index (κ2) is 7.52. The summed E-state index contributed by atoms with van der Waals surface area (Å²) in [5.74, 6) is 0.0345. The first kappa shape index (κ1) is 17.7. The number of nitrogens with one attached hydrogen (secondary N) is 1. The maximum absolute atomic E-state index is 14.4. The molecule has 1 amide bonds. The van der Waals surface area contributed by atoms with Gasteiger partial charge in [0, 0.05) is 18.7 Å². The van der Waals surface area contributed by atoms with Gasteiger partial charge in [-0.2, -0.15) is 0 Å². The van der Waals surface area contributed by atoms with Crippen molar-refractivity contribution in [3.05, 3.63) is 47.8 Å². The lowest BCUT2D eigenvalue weighted by Gasteiger charge is -2.18. The van der Waals surface area contributed by atoms with E-state index in [1.807, 2.05) is 30.0 Å². The van der Waals surface area contributed by atoms with Crippen molar-refractivity contribution in [1.29, 1.82) is 0 Å². The molecule has 1 aliphatic heterocycles. The minimum Gasteiger partial charge on any atom is -0.494 e. The monoisotopic (exact) mass is 385 g/mol. The van der Waals surface area contributed by atoms with E-state index in [0.717, 1.165) is 41.9 Å². The number of benzene rings is 2. The van der Waals surface area contributed by atoms with Crippen LogP contribution >= 0.6 is 11.3 Å². The van der Waals surface area contributed by atoms with Gasteiger partial charge in [-0.05, 0) is 56.2 Å². The molecule has 1 N–H and O–H groups in total. The third-order valence-electron chi connectivity index (χ3n) is 4.55. The Kier molecular flexibility index (Phi) is 4.94. The molecule has 5 nitrogen and oxygen atoms in total. The van der Waals surface area contributed by atoms with Gasteiger partial charge in [-0.1, -0.05) is 11.3 Å². The molecule has 0 radical (unpaired) electrons. The standard InChI is InChI=1S/C20H20FN3O2S/c1-2-26-14-6-7-16-18(12-14)27-20(22-16)23-19(25)13-5-8-17(15(21)11-13)24-9-3-4-10-24/h5-8,11-12H,2-4,9-10H2,1H3,(H,22,23,25). The van der Waals surface area contributed by atoms with Gasteiger partial charge in [0.25, 0.3) is 5.91 Å². The third kappa shape index (κ3) is 3.73. The van der Waals surface area contributed by atoms with E-state index in [2.05, 4.69) is 10.3 Å². The van der Waals surface area contributed by atoms with Gasteiger partial charge in [-0.3, -0.25) is 10.1 Å². The van der Waals surface area contributed by atoms with Crippen LogP contribution in [-0.4, -0.2) is 30.6 Å². The van der Waals surface area contributed by atoms with Gasteiger partial charge in [0.05, 0.1) is 22.5 Å². The first-order valence-corrected chi connectivity index (χ1v) is 9.85. The van der Waals surface area contributed by atoms with E-state index < -0.39 is 0 Å². The summed E-state index contributed by atoms with van der Waals surface area (Å²) < 4.78 is 20.8. The number of thiazole rings is 1. The zero-order valence-electron chi connectivity index (χ0n) is 15.0. The highest BCUT2D eigenvalue weighted by atomic mass is 32.1. The van der Waals surface area contributed by atoms with Crippen LogP contribution in [0.4, 0.5) is 15.2 Å². The Morgan fingerprint density at radius 3 is 2.81 bits per heavy atom. The van der Waals surface area contributed by atoms with Crippen LogP contribution in [0.2, 0.25) is 0 Å². The van der Waals surface area contributed by atoms with Crippen LogP contribution in [0.3, 0.4) is 0 Å². The van der Waals surface area contributed by atoms with Gasteiger partial charge in [-0.25, -0.2) is 9.37 Å². The lowest BCUT2D eigenvalue weighted by molar-refractivity contribution is 0.102. The number of rotatable bonds is 5. The Bertz CT molecular complexity index is 983. The molecule has 3 aromatic rings. The zero-order chi connectivity index (χ0) is 18.8. The van der Waals surface area contributed by atoms with Crippen LogP contribution in [0.15, 0.2) is 36.4 Å². The van der Waals surface area contributed by atoms with E-state index in [4.69, 9.17) is 4.74 Å². The molecule has 1 aromatic heterocycles. The molecule has 27 heavy (non-hydrogen) atoms. The van der Waals surface area contributed by atoms with Crippen LogP contribution in [0.1, 0.15) is 30.1 Å². The predicted octanol–water partition coefficient (Wildman–Crippen LogP) is 4.69. The molecule has 0 saturated carbocycles. The summed E-state index contributed by atoms with van der Waals surface area (Å²) in [4.78, 5) is 18.9. The number of ether oxygens (including phenoxy) is 1. The highest BCUT2D eigenvalue weighted by Crippen LogP contribution is 2.30. The van der Waals surface area contributed by atoms with Crippen LogP contribution < -0.4 is 15.0 Å². The number of carbonyl (C=O) groups is 1. The lowest BCUT2D eigenvalue weighted by Crippen LogP contribution is -2.19. The second-order valence-corrected chi connectivity index (χ2v) is 7.43. The first-order valence-electron chi connectivity index (χ1n) is 9.03. The summed E-state index contributed by atoms with van der Waals surface area (Å²) in [5.41, 5.74) is 1.63. The molecule has 1 saturated heterocycles. The van der Waals surface area contributed by atoms with Crippen LogP contribution in [0.25, 0.3) is 10.2 Å². The summed E-state index contributed by atoms with van der Waals surface area (Å²) in [5, 5.41) is 3.24. The quantitative estimate of drug-likeness (QED) is 0.692. The Balaban J connectivity index is 1.51. The van der Waals surface area contributed by atoms with Crippen molar-refractivity contribution in [1.82, 2.24) is 4.98 Å². The van der Waals surface area contributed by atoms with Crippen molar-refractivity contribution in [2.45, 2.75) is 19.8 Å². The van der Waals surface area contributed by atoms with Crippen LogP contribution in [0, 0.1) is 5.82 Å². The van der Waals surface area contributed by atoms with Gasteiger partial charge < -0.3 is 9.64 Å². The molecule has 1 aliphatic rings. The maximum Gasteiger partial charge on any atom is 0.257 e. The van der Waals surface area contributed by atoms with E-state index in [0.29, 0.717) is 17.4 Å². The Morgan fingerprint density at radius 1 is 1.26 bits per heavy atom. The normalized spacial score (nSPS) is 13.9. The molecule has 1 fully saturated rings. The van der Waals surface area contributed by atoms with E-state index in [9.17, 15) is 9.18 Å². The molecule has 0 spiro atoms. The molecular weight excluding hydrogens is 365 g/mol. The minimum absolute atomic E-state index is 0.282. The molecule has 0 atom stereocenters. The number of aromatic nitrogens is 1. The van der Waals surface area contributed by atoms with E-state index in [-0.39, 0.29) is 17.3 Å². The lowest BCUT2D eigenvalue weighted by atomic mass is 10.1. The van der Waals surface area contributed by atoms with Crippen molar-refractivity contribution in [3.8, 4) is 5.75 Å². The Labute approximate surface area is 160 Å². The number of nitrogens with zero attached hydrogens (tertiary/aromatic N) is 2. The maximum atomic E-state index is 14.4. The number of hydrogen-bond donors (Lipinski definition) is 1. The number of anilines is 2. The summed E-state index contributed by atoms with van der Waals surface area (Å²) >= 11 is 1.36. The Morgan fingerprint density at radius 2 is 2.07 bits per heavy atom. The van der Waals surface area contributed by atoms with Crippen molar-refractivity contribution in [2.75, 3.05) is 29.9 Å². The Hall–Kier alpha value is -2.67. The number of hydrogen-bond acceptors (Lipinski definition) is 5. The van der Waals surface area contributed by atoms with Crippen LogP contribution in [-0.2, 0) is 0 Å². The fourth-order valence-electron chi connectivity index (χ4n) is 3.25. The van der Waals surface area contributed by atoms with Gasteiger partial charge >= 0.3 is 0 Å². The van der Waals surface area contributed by atoms with Gasteiger partial charge in [0.1, 0.15) is 11.6 Å². The highest BCUT2D eigenvalue weighted by Gasteiger charge is 2.18. The molecule has 0 aliphatic carbocycles. The molecule has 2 heterocycles. The van der Waals surface area contributed by atoms with E-state index in [1.54, 1.807) is 12.1 Å². The fourth-order valence-corrected chi connectivity index (χ4v) is 4.14. The van der Waals surface area contributed by atoms with E-state index in [1.165, 1.54) is 17.4 Å². The molecule has 0 unspecified atom stereocenters. The summed E-state index contributed by atoms with van der Waals surface area (Å²) in [7, 11) is 0. The second-order valence-electron chi connectivity index (χ2n) is 6.40. The SMILES string of the molecule is CCOc1ccc2nc(NC(=O)c3ccc(N4CCCC4)c(F)c3)sc2c1. The van der Waals surface area contributed by atoms with Gasteiger partial charge in [0.2, 0.25) is 0 Å². The van der Waals surface area contributed by atoms with Crippen LogP contribution in [0.5, 0.6) is 5.75 Å². The van der Waals surface area contributed by atoms with Crippen molar-refractivity contribution < 1.29 is 13.9 Å². The topological polar surface area (TPSA) is 54.5 Å². The molecule has 2 aromatic carbocycles. The minimum atomic E-state index is -0.369. The molecule has 4 rings (SSSR count). The number of carbonyl (C=O) groups excluding carboxylic acids is 1. The van der Waals surface area contributed by atoms with Gasteiger partial charge in [0.15, 0.2) is 5.13 Å². The van der Waals surface area contributed by atoms with Crippen molar-refractivity contribution >= 4 is 38.3 Å². The molecular formula is C20H20FN3O2S. The third-order valence-corrected chi connectivity index (χ3v) is 5.48. The average Bonchev–Trinajstić information content (AvgIpc) is 3.31. The zero-order valence-corrected chi connectivity index (χ0v) is 15.8. The van der Waals surface area contributed by atoms with Crippen molar-refractivity contribution in [2.24, 2.45) is 0 Å². The smallest absolute Gasteiger partial charge is 0.257 e. The largest absolute Gasteiger partial charge is 0.494 e. The predicted molar refractivity (Wildman–Crippen MR) is 107 cm³/mol. The molecule has 140 valence electrons. The number of fused-ring (bicyclic) bond motifs is 1. The fraction of sp³-hybridized carbons (Fsp3) is 0.300. The number of amides is 1. The average molecular weight is 385 g/mol.